The maximum Gasteiger partial charge on any atom is 0.139 e. The van der Waals surface area contributed by atoms with Crippen molar-refractivity contribution in [2.75, 3.05) is 11.1 Å². The number of rotatable bonds is 2. The van der Waals surface area contributed by atoms with Crippen molar-refractivity contribution in [2.24, 2.45) is 0 Å². The standard InChI is InChI=1S/C12H11ClN6S/c1-5-11(14)15-6(2)16-12(5)17-9-7(13)3-4-8-10(9)19-20-18-8/h3-4H,1-2H3,(H3,14,15,16,17). The highest BCUT2D eigenvalue weighted by Crippen LogP contribution is 2.33. The minimum Gasteiger partial charge on any atom is -0.383 e. The second-order valence-corrected chi connectivity index (χ2v) is 5.24. The maximum absolute atomic E-state index is 6.24. The van der Waals surface area contributed by atoms with Crippen molar-refractivity contribution in [3.05, 3.63) is 28.5 Å². The third kappa shape index (κ3) is 2.14. The molecule has 0 saturated carbocycles. The van der Waals surface area contributed by atoms with Crippen LogP contribution in [0.2, 0.25) is 5.02 Å². The molecule has 0 fully saturated rings. The largest absolute Gasteiger partial charge is 0.383 e. The Morgan fingerprint density at radius 3 is 2.80 bits per heavy atom. The van der Waals surface area contributed by atoms with Crippen LogP contribution in [0.1, 0.15) is 11.4 Å². The molecule has 0 atom stereocenters. The molecule has 0 saturated heterocycles. The minimum absolute atomic E-state index is 0.444. The lowest BCUT2D eigenvalue weighted by Gasteiger charge is -2.12. The van der Waals surface area contributed by atoms with E-state index in [2.05, 4.69) is 24.0 Å². The van der Waals surface area contributed by atoms with Gasteiger partial charge in [0.2, 0.25) is 0 Å². The van der Waals surface area contributed by atoms with Crippen LogP contribution in [0.3, 0.4) is 0 Å². The summed E-state index contributed by atoms with van der Waals surface area (Å²) in [5.74, 6) is 1.66. The molecular weight excluding hydrogens is 296 g/mol. The first-order chi connectivity index (χ1) is 9.56. The number of hydrogen-bond donors (Lipinski definition) is 2. The first kappa shape index (κ1) is 13.0. The van der Waals surface area contributed by atoms with Gasteiger partial charge in [0.05, 0.1) is 22.4 Å². The molecule has 0 spiro atoms. The summed E-state index contributed by atoms with van der Waals surface area (Å²) in [4.78, 5) is 8.47. The van der Waals surface area contributed by atoms with Gasteiger partial charge in [-0.2, -0.15) is 8.75 Å². The number of benzene rings is 1. The molecule has 8 heteroatoms. The average molecular weight is 307 g/mol. The molecule has 6 nitrogen and oxygen atoms in total. The van der Waals surface area contributed by atoms with Crippen LogP contribution in [-0.2, 0) is 0 Å². The van der Waals surface area contributed by atoms with Crippen LogP contribution in [0.4, 0.5) is 17.3 Å². The molecule has 0 aliphatic rings. The molecule has 0 bridgehead atoms. The minimum atomic E-state index is 0.444. The van der Waals surface area contributed by atoms with E-state index >= 15 is 0 Å². The molecule has 0 amide bonds. The first-order valence-electron chi connectivity index (χ1n) is 5.85. The van der Waals surface area contributed by atoms with E-state index in [-0.39, 0.29) is 0 Å². The molecule has 0 radical (unpaired) electrons. The van der Waals surface area contributed by atoms with Gasteiger partial charge in [0.15, 0.2) is 0 Å². The van der Waals surface area contributed by atoms with Crippen LogP contribution in [0.5, 0.6) is 0 Å². The lowest BCUT2D eigenvalue weighted by molar-refractivity contribution is 1.05. The van der Waals surface area contributed by atoms with Crippen LogP contribution in [0.25, 0.3) is 11.0 Å². The van der Waals surface area contributed by atoms with E-state index < -0.39 is 0 Å². The number of hydrogen-bond acceptors (Lipinski definition) is 7. The van der Waals surface area contributed by atoms with Crippen LogP contribution in [0, 0.1) is 13.8 Å². The quantitative estimate of drug-likeness (QED) is 0.756. The number of nitrogen functional groups attached to an aromatic ring is 1. The monoisotopic (exact) mass is 306 g/mol. The van der Waals surface area contributed by atoms with Crippen molar-refractivity contribution in [1.29, 1.82) is 0 Å². The molecule has 0 aliphatic heterocycles. The van der Waals surface area contributed by atoms with Crippen molar-refractivity contribution in [3.63, 3.8) is 0 Å². The molecule has 102 valence electrons. The zero-order valence-corrected chi connectivity index (χ0v) is 12.4. The van der Waals surface area contributed by atoms with Crippen molar-refractivity contribution >= 4 is 51.7 Å². The van der Waals surface area contributed by atoms with Gasteiger partial charge < -0.3 is 11.1 Å². The Bertz CT molecular complexity index is 800. The van der Waals surface area contributed by atoms with E-state index in [4.69, 9.17) is 17.3 Å². The Morgan fingerprint density at radius 1 is 1.20 bits per heavy atom. The normalized spacial score (nSPS) is 10.9. The highest BCUT2D eigenvalue weighted by atomic mass is 35.5. The van der Waals surface area contributed by atoms with Crippen LogP contribution in [-0.4, -0.2) is 18.7 Å². The Balaban J connectivity index is 2.14. The number of nitrogens with two attached hydrogens (primary N) is 1. The predicted molar refractivity (Wildman–Crippen MR) is 81.6 cm³/mol. The van der Waals surface area contributed by atoms with E-state index in [1.807, 2.05) is 13.0 Å². The molecule has 3 rings (SSSR count). The van der Waals surface area contributed by atoms with Gasteiger partial charge in [-0.15, -0.1) is 0 Å². The second kappa shape index (κ2) is 4.84. The molecule has 0 unspecified atom stereocenters. The zero-order chi connectivity index (χ0) is 14.3. The third-order valence-corrected chi connectivity index (χ3v) is 3.77. The fraction of sp³-hybridized carbons (Fsp3) is 0.167. The van der Waals surface area contributed by atoms with Crippen molar-refractivity contribution in [2.45, 2.75) is 13.8 Å². The summed E-state index contributed by atoms with van der Waals surface area (Å²) < 4.78 is 8.45. The van der Waals surface area contributed by atoms with Gasteiger partial charge >= 0.3 is 0 Å². The van der Waals surface area contributed by atoms with E-state index in [1.165, 1.54) is 0 Å². The summed E-state index contributed by atoms with van der Waals surface area (Å²) in [6.07, 6.45) is 0. The molecule has 20 heavy (non-hydrogen) atoms. The van der Waals surface area contributed by atoms with Gasteiger partial charge in [-0.05, 0) is 26.0 Å². The smallest absolute Gasteiger partial charge is 0.139 e. The van der Waals surface area contributed by atoms with Gasteiger partial charge in [-0.25, -0.2) is 9.97 Å². The van der Waals surface area contributed by atoms with Gasteiger partial charge in [-0.1, -0.05) is 11.6 Å². The molecule has 3 aromatic rings. The predicted octanol–water partition coefficient (Wildman–Crippen LogP) is 3.08. The number of nitrogens with one attached hydrogen (secondary N) is 1. The fourth-order valence-corrected chi connectivity index (χ4v) is 2.58. The van der Waals surface area contributed by atoms with Crippen molar-refractivity contribution in [1.82, 2.24) is 18.7 Å². The lowest BCUT2D eigenvalue weighted by atomic mass is 10.2. The van der Waals surface area contributed by atoms with Crippen LogP contribution < -0.4 is 11.1 Å². The van der Waals surface area contributed by atoms with Gasteiger partial charge in [-0.3, -0.25) is 0 Å². The molecule has 2 aromatic heterocycles. The van der Waals surface area contributed by atoms with E-state index in [0.717, 1.165) is 28.3 Å². The summed E-state index contributed by atoms with van der Waals surface area (Å²) in [5, 5.41) is 3.75. The van der Waals surface area contributed by atoms with Gasteiger partial charge in [0, 0.05) is 5.56 Å². The van der Waals surface area contributed by atoms with Crippen LogP contribution >= 0.6 is 23.3 Å². The molecule has 0 aliphatic carbocycles. The van der Waals surface area contributed by atoms with E-state index in [0.29, 0.717) is 28.2 Å². The SMILES string of the molecule is Cc1nc(N)c(C)c(Nc2c(Cl)ccc3nsnc23)n1. The highest BCUT2D eigenvalue weighted by Gasteiger charge is 2.13. The molecular formula is C12H11ClN6S. The number of nitrogens with zero attached hydrogens (tertiary/aromatic N) is 4. The summed E-state index contributed by atoms with van der Waals surface area (Å²) in [5.41, 5.74) is 8.81. The third-order valence-electron chi connectivity index (χ3n) is 2.92. The Hall–Kier alpha value is -1.99. The van der Waals surface area contributed by atoms with E-state index in [1.54, 1.807) is 13.0 Å². The number of anilines is 3. The van der Waals surface area contributed by atoms with Crippen molar-refractivity contribution < 1.29 is 0 Å². The topological polar surface area (TPSA) is 89.6 Å². The fourth-order valence-electron chi connectivity index (χ4n) is 1.84. The number of aromatic nitrogens is 4. The average Bonchev–Trinajstić information content (AvgIpc) is 2.87. The van der Waals surface area contributed by atoms with Gasteiger partial charge in [0.1, 0.15) is 28.5 Å². The Kier molecular flexibility index (Phi) is 3.15. The van der Waals surface area contributed by atoms with E-state index in [9.17, 15) is 0 Å². The highest BCUT2D eigenvalue weighted by molar-refractivity contribution is 7.00. The lowest BCUT2D eigenvalue weighted by Crippen LogP contribution is -2.05. The zero-order valence-electron chi connectivity index (χ0n) is 10.8. The summed E-state index contributed by atoms with van der Waals surface area (Å²) in [6.45, 7) is 3.64. The molecule has 3 N–H and O–H groups in total. The Morgan fingerprint density at radius 2 is 2.00 bits per heavy atom. The maximum atomic E-state index is 6.24. The van der Waals surface area contributed by atoms with Crippen LogP contribution in [0.15, 0.2) is 12.1 Å². The number of fused-ring (bicyclic) bond motifs is 1. The summed E-state index contributed by atoms with van der Waals surface area (Å²) in [6, 6.07) is 3.61. The van der Waals surface area contributed by atoms with Crippen molar-refractivity contribution in [3.8, 4) is 0 Å². The molecule has 1 aromatic carbocycles. The first-order valence-corrected chi connectivity index (χ1v) is 6.95. The van der Waals surface area contributed by atoms with Gasteiger partial charge in [0.25, 0.3) is 0 Å². The number of aryl methyl sites for hydroxylation is 1. The molecule has 2 heterocycles. The second-order valence-electron chi connectivity index (χ2n) is 4.31. The number of halogens is 1. The summed E-state index contributed by atoms with van der Waals surface area (Å²) >= 11 is 7.38. The summed E-state index contributed by atoms with van der Waals surface area (Å²) in [7, 11) is 0. The Labute approximate surface area is 124 Å².